The van der Waals surface area contributed by atoms with Crippen LogP contribution in [0.3, 0.4) is 0 Å². The molecule has 9 atom stereocenters. The SMILES string of the molecule is COC(=O)[C@H](C)N.COC(=O)[C@H](C)NC(=O)c1ccc(N2CC[C@H](C[C@H](C)c3cccc4ccccc34)C2)cc1.C[C@@H](CO)NC(=O)c1ccc(N2CC[C@H](C[C@H](C)c3cccc4ccccc34)C2)cc1.C[C@@H](C[C@H]1CCN(c2ccc(C(=O)O)cc2)C1)c1cccc2ccccc12.Cl.Cl. The van der Waals surface area contributed by atoms with Crippen LogP contribution in [-0.4, -0.2) is 118 Å². The number of carboxylic acids is 1. The van der Waals surface area contributed by atoms with Crippen LogP contribution in [0.25, 0.3) is 32.3 Å². The van der Waals surface area contributed by atoms with Crippen LogP contribution < -0.4 is 31.1 Å². The smallest absolute Gasteiger partial charge is 0.335 e. The van der Waals surface area contributed by atoms with Gasteiger partial charge in [-0.15, -0.1) is 24.8 Å². The number of esters is 2. The fraction of sp³-hybridized carbons (Fsp3) is 0.361. The highest BCUT2D eigenvalue weighted by Gasteiger charge is 2.29. The molecule has 0 aromatic heterocycles. The fourth-order valence-corrected chi connectivity index (χ4v) is 14.2. The second-order valence-electron chi connectivity index (χ2n) is 27.0. The first kappa shape index (κ1) is 78.3. The summed E-state index contributed by atoms with van der Waals surface area (Å²) in [4.78, 5) is 64.5. The number of aromatic carboxylic acids is 1. The van der Waals surface area contributed by atoms with Crippen LogP contribution >= 0.6 is 24.8 Å². The number of nitrogens with one attached hydrogen (secondary N) is 2. The topological polar surface area (TPSA) is 204 Å². The van der Waals surface area contributed by atoms with Gasteiger partial charge in [0.2, 0.25) is 0 Å². The van der Waals surface area contributed by atoms with Crippen LogP contribution in [0.5, 0.6) is 0 Å². The van der Waals surface area contributed by atoms with Gasteiger partial charge in [-0.05, 0) is 217 Å². The lowest BCUT2D eigenvalue weighted by atomic mass is 9.87. The number of aliphatic hydroxyl groups is 1. The van der Waals surface area contributed by atoms with Gasteiger partial charge in [-0.3, -0.25) is 14.4 Å². The number of carboxylic acid groups (broad SMARTS) is 1. The van der Waals surface area contributed by atoms with Crippen LogP contribution in [-0.2, 0) is 19.1 Å². The lowest BCUT2D eigenvalue weighted by Gasteiger charge is -2.21. The van der Waals surface area contributed by atoms with Crippen molar-refractivity contribution in [1.82, 2.24) is 10.6 Å². The van der Waals surface area contributed by atoms with Gasteiger partial charge >= 0.3 is 17.9 Å². The molecule has 3 aliphatic heterocycles. The van der Waals surface area contributed by atoms with Gasteiger partial charge < -0.3 is 50.8 Å². The van der Waals surface area contributed by atoms with Gasteiger partial charge in [0.05, 0.1) is 26.4 Å². The molecule has 12 rings (SSSR count). The number of carbonyl (C=O) groups excluding carboxylic acids is 4. The zero-order chi connectivity index (χ0) is 69.8. The molecule has 0 aliphatic carbocycles. The minimum Gasteiger partial charge on any atom is -0.478 e. The van der Waals surface area contributed by atoms with E-state index in [0.29, 0.717) is 52.2 Å². The van der Waals surface area contributed by atoms with Gasteiger partial charge in [-0.1, -0.05) is 148 Å². The van der Waals surface area contributed by atoms with Crippen molar-refractivity contribution >= 4 is 104 Å². The van der Waals surface area contributed by atoms with Gasteiger partial charge in [-0.25, -0.2) is 9.59 Å². The Morgan fingerprint density at radius 2 is 0.750 bits per heavy atom. The standard InChI is InChI=1S/C28H32N2O3.C27H32N2O2.C24H25NO2.C4H9NO2.2ClH/c1-19(25-10-6-8-22-7-4-5-9-26(22)25)17-21-15-16-30(18-21)24-13-11-23(12-14-24)27(31)29-20(2)28(32)33-3;1-19(25-9-5-7-22-6-3-4-8-26(22)25)16-21-14-15-29(17-21)24-12-10-23(11-13-24)27(31)28-20(2)18-30;1-17(22-8-4-6-19-5-2-3-7-23(19)22)15-18-13-14-25(16-18)21-11-9-20(10-12-21)24(26)27;1-3(5)4(6)7-2;;/h4-14,19-21H,15-18H2,1-3H3,(H,29,31);3-13,19-21,30H,14-18H2,1-2H3,(H,28,31);2-12,17-18H,13-16H2,1H3,(H,26,27);3H,5H2,1-2H3;2*1H/t2*19-,20-,21+;17-,18+;3-;;/m0000../s1. The zero-order valence-electron chi connectivity index (χ0n) is 58.9. The zero-order valence-corrected chi connectivity index (χ0v) is 60.6. The number of nitrogens with two attached hydrogens (primary N) is 1. The third-order valence-electron chi connectivity index (χ3n) is 19.6. The van der Waals surface area contributed by atoms with Crippen LogP contribution in [0.1, 0.15) is 146 Å². The second kappa shape index (κ2) is 38.0. The van der Waals surface area contributed by atoms with Crippen molar-refractivity contribution in [3.8, 4) is 0 Å². The van der Waals surface area contributed by atoms with E-state index < -0.39 is 24.0 Å². The van der Waals surface area contributed by atoms with E-state index in [1.807, 2.05) is 60.7 Å². The largest absolute Gasteiger partial charge is 0.478 e. The highest BCUT2D eigenvalue weighted by molar-refractivity contribution is 5.97. The molecular formula is C83H100Cl2N6O9. The summed E-state index contributed by atoms with van der Waals surface area (Å²) in [5.74, 6) is 1.41. The van der Waals surface area contributed by atoms with E-state index in [0.717, 1.165) is 57.1 Å². The Hall–Kier alpha value is -8.99. The highest BCUT2D eigenvalue weighted by atomic mass is 35.5. The lowest BCUT2D eigenvalue weighted by molar-refractivity contribution is -0.142. The average molecular weight is 1400 g/mol. The molecular weight excluding hydrogens is 1300 g/mol. The van der Waals surface area contributed by atoms with Crippen LogP contribution in [0.2, 0.25) is 0 Å². The van der Waals surface area contributed by atoms with Gasteiger partial charge in [0.25, 0.3) is 11.8 Å². The summed E-state index contributed by atoms with van der Waals surface area (Å²) in [5, 5.41) is 31.6. The number of nitrogens with zero attached hydrogens (tertiary/aromatic N) is 3. The van der Waals surface area contributed by atoms with E-state index in [1.54, 1.807) is 32.9 Å². The summed E-state index contributed by atoms with van der Waals surface area (Å²) in [5.41, 5.74) is 14.3. The third-order valence-corrected chi connectivity index (χ3v) is 19.6. The summed E-state index contributed by atoms with van der Waals surface area (Å²) in [6.07, 6.45) is 7.09. The maximum Gasteiger partial charge on any atom is 0.335 e. The molecule has 3 heterocycles. The number of ether oxygens (including phenoxy) is 2. The number of carbonyl (C=O) groups is 5. The normalized spacial score (nSPS) is 17.2. The molecule has 9 aromatic carbocycles. The molecule has 2 amide bonds. The number of methoxy groups -OCH3 is 2. The second-order valence-corrected chi connectivity index (χ2v) is 27.0. The quantitative estimate of drug-likeness (QED) is 0.0451. The third kappa shape index (κ3) is 21.0. The molecule has 530 valence electrons. The molecule has 3 fully saturated rings. The summed E-state index contributed by atoms with van der Waals surface area (Å²) < 4.78 is 8.91. The van der Waals surface area contributed by atoms with Crippen molar-refractivity contribution in [2.75, 3.05) is 74.8 Å². The number of amides is 2. The number of hydrogen-bond acceptors (Lipinski definition) is 12. The number of rotatable bonds is 20. The highest BCUT2D eigenvalue weighted by Crippen LogP contribution is 2.38. The van der Waals surface area contributed by atoms with Crippen LogP contribution in [0.4, 0.5) is 17.1 Å². The number of halogens is 2. The van der Waals surface area contributed by atoms with E-state index >= 15 is 0 Å². The van der Waals surface area contributed by atoms with E-state index in [9.17, 15) is 24.0 Å². The first-order chi connectivity index (χ1) is 47.3. The van der Waals surface area contributed by atoms with Crippen LogP contribution in [0, 0.1) is 17.8 Å². The van der Waals surface area contributed by atoms with Crippen molar-refractivity contribution in [2.45, 2.75) is 116 Å². The predicted octanol–water partition coefficient (Wildman–Crippen LogP) is 16.0. The first-order valence-corrected chi connectivity index (χ1v) is 34.7. The summed E-state index contributed by atoms with van der Waals surface area (Å²) >= 11 is 0. The molecule has 17 heteroatoms. The minimum absolute atomic E-state index is 0. The number of hydrogen-bond donors (Lipinski definition) is 5. The van der Waals surface area contributed by atoms with Gasteiger partial charge in [0.15, 0.2) is 0 Å². The number of fused-ring (bicyclic) bond motifs is 3. The summed E-state index contributed by atoms with van der Waals surface area (Å²) in [6, 6.07) is 67.1. The van der Waals surface area contributed by atoms with E-state index in [-0.39, 0.29) is 55.2 Å². The Bertz CT molecular complexity index is 4100. The fourth-order valence-electron chi connectivity index (χ4n) is 14.2. The maximum absolute atomic E-state index is 12.4. The molecule has 0 bridgehead atoms. The van der Waals surface area contributed by atoms with E-state index in [2.05, 4.69) is 183 Å². The van der Waals surface area contributed by atoms with E-state index in [4.69, 9.17) is 15.9 Å². The Kier molecular flexibility index (Phi) is 29.8. The van der Waals surface area contributed by atoms with Crippen LogP contribution in [0.15, 0.2) is 200 Å². The van der Waals surface area contributed by atoms with Gasteiger partial charge in [0.1, 0.15) is 12.1 Å². The average Bonchev–Trinajstić information content (AvgIpc) is 1.23. The molecule has 0 unspecified atom stereocenters. The monoisotopic (exact) mass is 1390 g/mol. The molecule has 9 aromatic rings. The Morgan fingerprint density at radius 1 is 0.440 bits per heavy atom. The van der Waals surface area contributed by atoms with Gasteiger partial charge in [0, 0.05) is 73.5 Å². The summed E-state index contributed by atoms with van der Waals surface area (Å²) in [7, 11) is 2.62. The van der Waals surface area contributed by atoms with Crippen molar-refractivity contribution in [3.63, 3.8) is 0 Å². The van der Waals surface area contributed by atoms with Crippen molar-refractivity contribution in [2.24, 2.45) is 23.5 Å². The van der Waals surface area contributed by atoms with E-state index in [1.165, 1.54) is 101 Å². The molecule has 6 N–H and O–H groups in total. The Balaban J connectivity index is 0.000000199. The molecule has 100 heavy (non-hydrogen) atoms. The minimum atomic E-state index is -0.871. The number of anilines is 3. The first-order valence-electron chi connectivity index (χ1n) is 34.7. The number of benzene rings is 9. The molecule has 3 saturated heterocycles. The molecule has 0 spiro atoms. The van der Waals surface area contributed by atoms with Crippen molar-refractivity contribution in [1.29, 1.82) is 0 Å². The number of aliphatic hydroxyl groups excluding tert-OH is 1. The molecule has 3 aliphatic rings. The Labute approximate surface area is 602 Å². The molecule has 15 nitrogen and oxygen atoms in total. The van der Waals surface area contributed by atoms with Crippen molar-refractivity contribution < 1.29 is 43.7 Å². The molecule has 0 radical (unpaired) electrons. The lowest BCUT2D eigenvalue weighted by Crippen LogP contribution is -2.39. The summed E-state index contributed by atoms with van der Waals surface area (Å²) in [6.45, 7) is 18.2. The molecule has 0 saturated carbocycles. The predicted molar refractivity (Wildman–Crippen MR) is 411 cm³/mol. The maximum atomic E-state index is 12.4. The van der Waals surface area contributed by atoms with Gasteiger partial charge in [-0.2, -0.15) is 0 Å². The Morgan fingerprint density at radius 3 is 1.05 bits per heavy atom. The van der Waals surface area contributed by atoms with Crippen molar-refractivity contribution in [3.05, 3.63) is 234 Å².